The second-order valence-corrected chi connectivity index (χ2v) is 7.87. The van der Waals surface area contributed by atoms with Crippen LogP contribution in [0.25, 0.3) is 0 Å². The molecule has 0 amide bonds. The Balaban J connectivity index is 1.46. The van der Waals surface area contributed by atoms with E-state index in [1.54, 1.807) is 6.07 Å². The third-order valence-corrected chi connectivity index (χ3v) is 5.56. The number of hydrogen-bond donors (Lipinski definition) is 4. The van der Waals surface area contributed by atoms with Gasteiger partial charge >= 0.3 is 0 Å². The highest BCUT2D eigenvalue weighted by atomic mass is 16.5. The van der Waals surface area contributed by atoms with Crippen LogP contribution in [0.1, 0.15) is 31.0 Å². The molecule has 0 radical (unpaired) electrons. The molecule has 4 rings (SSSR count). The van der Waals surface area contributed by atoms with Crippen molar-refractivity contribution in [1.82, 2.24) is 15.1 Å². The SMILES string of the molecule is CC1(Oc2ccc(N)c(C(=N)c3cc(N4CCN(CCO)CC4)n[nH]3)c2)CC1. The van der Waals surface area contributed by atoms with E-state index in [2.05, 4.69) is 26.9 Å². The van der Waals surface area contributed by atoms with E-state index >= 15 is 0 Å². The zero-order chi connectivity index (χ0) is 19.7. The average Bonchev–Trinajstić information content (AvgIpc) is 3.21. The molecule has 1 aromatic heterocycles. The summed E-state index contributed by atoms with van der Waals surface area (Å²) in [5, 5.41) is 25.1. The van der Waals surface area contributed by atoms with Gasteiger partial charge in [0.2, 0.25) is 0 Å². The molecule has 28 heavy (non-hydrogen) atoms. The van der Waals surface area contributed by atoms with Crippen molar-refractivity contribution >= 4 is 17.2 Å². The molecule has 0 unspecified atom stereocenters. The molecule has 1 saturated carbocycles. The molecule has 1 aromatic carbocycles. The first-order chi connectivity index (χ1) is 13.5. The van der Waals surface area contributed by atoms with E-state index in [9.17, 15) is 0 Å². The number of rotatable bonds is 7. The quantitative estimate of drug-likeness (QED) is 0.424. The normalized spacial score (nSPS) is 18.9. The fraction of sp³-hybridized carbons (Fsp3) is 0.500. The third-order valence-electron chi connectivity index (χ3n) is 5.56. The Morgan fingerprint density at radius 3 is 2.71 bits per heavy atom. The van der Waals surface area contributed by atoms with Crippen LogP contribution in [-0.4, -0.2) is 70.8 Å². The van der Waals surface area contributed by atoms with Gasteiger partial charge in [0, 0.05) is 50.0 Å². The highest BCUT2D eigenvalue weighted by Gasteiger charge is 2.40. The summed E-state index contributed by atoms with van der Waals surface area (Å²) in [4.78, 5) is 4.43. The van der Waals surface area contributed by atoms with Gasteiger partial charge in [0.25, 0.3) is 0 Å². The van der Waals surface area contributed by atoms with Crippen LogP contribution in [0.5, 0.6) is 5.75 Å². The number of piperazine rings is 1. The summed E-state index contributed by atoms with van der Waals surface area (Å²) in [7, 11) is 0. The van der Waals surface area contributed by atoms with Crippen LogP contribution in [0, 0.1) is 5.41 Å². The van der Waals surface area contributed by atoms with Gasteiger partial charge in [-0.1, -0.05) is 0 Å². The Bertz CT molecular complexity index is 852. The number of H-pyrrole nitrogens is 1. The highest BCUT2D eigenvalue weighted by Crippen LogP contribution is 2.40. The Morgan fingerprint density at radius 1 is 1.29 bits per heavy atom. The maximum absolute atomic E-state index is 9.07. The molecule has 2 aromatic rings. The van der Waals surface area contributed by atoms with E-state index in [1.807, 2.05) is 18.2 Å². The Morgan fingerprint density at radius 2 is 2.04 bits per heavy atom. The number of aliphatic hydroxyl groups excluding tert-OH is 1. The molecule has 8 heteroatoms. The van der Waals surface area contributed by atoms with Crippen molar-refractivity contribution in [3.05, 3.63) is 35.5 Å². The maximum atomic E-state index is 9.07. The molecule has 0 atom stereocenters. The molecule has 2 heterocycles. The summed E-state index contributed by atoms with van der Waals surface area (Å²) in [6.07, 6.45) is 2.11. The fourth-order valence-electron chi connectivity index (χ4n) is 3.47. The zero-order valence-corrected chi connectivity index (χ0v) is 16.2. The van der Waals surface area contributed by atoms with Crippen molar-refractivity contribution in [3.63, 3.8) is 0 Å². The summed E-state index contributed by atoms with van der Waals surface area (Å²) >= 11 is 0. The number of nitrogens with zero attached hydrogens (tertiary/aromatic N) is 3. The van der Waals surface area contributed by atoms with E-state index in [1.165, 1.54) is 0 Å². The van der Waals surface area contributed by atoms with Crippen LogP contribution in [0.4, 0.5) is 11.5 Å². The van der Waals surface area contributed by atoms with Gasteiger partial charge < -0.3 is 20.5 Å². The molecule has 1 aliphatic heterocycles. The minimum Gasteiger partial charge on any atom is -0.488 e. The van der Waals surface area contributed by atoms with Crippen molar-refractivity contribution in [1.29, 1.82) is 5.41 Å². The second-order valence-electron chi connectivity index (χ2n) is 7.87. The fourth-order valence-corrected chi connectivity index (χ4v) is 3.47. The molecule has 1 saturated heterocycles. The maximum Gasteiger partial charge on any atom is 0.151 e. The third kappa shape index (κ3) is 3.98. The van der Waals surface area contributed by atoms with Crippen molar-refractivity contribution in [2.24, 2.45) is 0 Å². The lowest BCUT2D eigenvalue weighted by Crippen LogP contribution is -2.47. The first-order valence-corrected chi connectivity index (χ1v) is 9.79. The minimum absolute atomic E-state index is 0.0745. The number of aliphatic hydroxyl groups is 1. The van der Waals surface area contributed by atoms with Gasteiger partial charge in [-0.25, -0.2) is 0 Å². The first kappa shape index (κ1) is 18.8. The number of β-amino-alcohol motifs (C(OH)–C–C–N with tert-alkyl or cyclic N) is 1. The molecule has 1 aliphatic carbocycles. The highest BCUT2D eigenvalue weighted by molar-refractivity contribution is 6.13. The smallest absolute Gasteiger partial charge is 0.151 e. The number of nitrogens with one attached hydrogen (secondary N) is 2. The van der Waals surface area contributed by atoms with E-state index in [4.69, 9.17) is 21.0 Å². The largest absolute Gasteiger partial charge is 0.488 e. The minimum atomic E-state index is -0.0745. The van der Waals surface area contributed by atoms with Gasteiger partial charge in [-0.05, 0) is 38.0 Å². The average molecular weight is 384 g/mol. The number of nitrogens with two attached hydrogens (primary N) is 1. The van der Waals surface area contributed by atoms with Gasteiger partial charge in [0.1, 0.15) is 11.4 Å². The Labute approximate surface area is 164 Å². The van der Waals surface area contributed by atoms with Crippen molar-refractivity contribution in [2.75, 3.05) is 50.0 Å². The zero-order valence-electron chi connectivity index (χ0n) is 16.2. The van der Waals surface area contributed by atoms with Gasteiger partial charge in [-0.2, -0.15) is 5.10 Å². The molecule has 0 bridgehead atoms. The number of anilines is 2. The molecule has 0 spiro atoms. The second kappa shape index (κ2) is 7.44. The van der Waals surface area contributed by atoms with Crippen LogP contribution in [0.3, 0.4) is 0 Å². The Kier molecular flexibility index (Phi) is 4.99. The van der Waals surface area contributed by atoms with Crippen molar-refractivity contribution in [3.8, 4) is 5.75 Å². The number of nitrogen functional groups attached to an aromatic ring is 1. The predicted molar refractivity (Wildman–Crippen MR) is 109 cm³/mol. The van der Waals surface area contributed by atoms with E-state index in [-0.39, 0.29) is 12.2 Å². The molecule has 2 aliphatic rings. The Hall–Kier alpha value is -2.58. The monoisotopic (exact) mass is 384 g/mol. The summed E-state index contributed by atoms with van der Waals surface area (Å²) in [5.41, 5.74) is 8.19. The lowest BCUT2D eigenvalue weighted by molar-refractivity contribution is 0.188. The number of aromatic nitrogens is 2. The topological polar surface area (TPSA) is 114 Å². The lowest BCUT2D eigenvalue weighted by Gasteiger charge is -2.34. The summed E-state index contributed by atoms with van der Waals surface area (Å²) in [6.45, 7) is 6.48. The molecule has 8 nitrogen and oxygen atoms in total. The van der Waals surface area contributed by atoms with E-state index in [0.29, 0.717) is 29.2 Å². The molecule has 5 N–H and O–H groups in total. The summed E-state index contributed by atoms with van der Waals surface area (Å²) in [6, 6.07) is 7.40. The van der Waals surface area contributed by atoms with E-state index < -0.39 is 0 Å². The number of benzene rings is 1. The van der Waals surface area contributed by atoms with Gasteiger partial charge in [-0.3, -0.25) is 15.4 Å². The van der Waals surface area contributed by atoms with Crippen molar-refractivity contribution < 1.29 is 9.84 Å². The number of hydrogen-bond acceptors (Lipinski definition) is 7. The molecule has 2 fully saturated rings. The standard InChI is InChI=1S/C20H28N6O2/c1-20(4-5-20)28-14-2-3-16(21)15(12-14)19(22)17-13-18(24-23-17)26-8-6-25(7-9-26)10-11-27/h2-3,12-13,22,27H,4-11,21H2,1H3,(H,23,24). The van der Waals surface area contributed by atoms with Crippen LogP contribution < -0.4 is 15.4 Å². The van der Waals surface area contributed by atoms with Crippen LogP contribution in [0.15, 0.2) is 24.3 Å². The first-order valence-electron chi connectivity index (χ1n) is 9.79. The molecule has 150 valence electrons. The molecular weight excluding hydrogens is 356 g/mol. The predicted octanol–water partition coefficient (Wildman–Crippen LogP) is 1.45. The van der Waals surface area contributed by atoms with E-state index in [0.717, 1.165) is 50.6 Å². The number of ether oxygens (including phenoxy) is 1. The summed E-state index contributed by atoms with van der Waals surface area (Å²) < 4.78 is 6.02. The van der Waals surface area contributed by atoms with Gasteiger partial charge in [0.15, 0.2) is 5.82 Å². The lowest BCUT2D eigenvalue weighted by atomic mass is 10.0. The van der Waals surface area contributed by atoms with Crippen LogP contribution >= 0.6 is 0 Å². The van der Waals surface area contributed by atoms with Gasteiger partial charge in [0.05, 0.1) is 18.0 Å². The number of aromatic amines is 1. The van der Waals surface area contributed by atoms with Crippen molar-refractivity contribution in [2.45, 2.75) is 25.4 Å². The van der Waals surface area contributed by atoms with Crippen LogP contribution in [0.2, 0.25) is 0 Å². The van der Waals surface area contributed by atoms with Gasteiger partial charge in [-0.15, -0.1) is 0 Å². The summed E-state index contributed by atoms with van der Waals surface area (Å²) in [5.74, 6) is 1.58. The molecular formula is C20H28N6O2. The van der Waals surface area contributed by atoms with Crippen LogP contribution in [-0.2, 0) is 0 Å².